The fourth-order valence-corrected chi connectivity index (χ4v) is 2.32. The van der Waals surface area contributed by atoms with Crippen molar-refractivity contribution in [3.05, 3.63) is 22.2 Å². The maximum atomic E-state index is 11.0. The van der Waals surface area contributed by atoms with Crippen LogP contribution in [0.25, 0.3) is 0 Å². The number of nitro groups is 1. The summed E-state index contributed by atoms with van der Waals surface area (Å²) in [5, 5.41) is 14.1. The van der Waals surface area contributed by atoms with Gasteiger partial charge < -0.3 is 10.7 Å². The van der Waals surface area contributed by atoms with Gasteiger partial charge in [-0.3, -0.25) is 10.1 Å². The van der Waals surface area contributed by atoms with Crippen LogP contribution in [0, 0.1) is 16.0 Å². The van der Waals surface area contributed by atoms with Crippen molar-refractivity contribution in [2.45, 2.75) is 32.2 Å². The molecule has 2 atom stereocenters. The number of hydrogen-bond donors (Lipinski definition) is 3. The highest BCUT2D eigenvalue weighted by Gasteiger charge is 2.26. The number of nitrogen functional groups attached to an aromatic ring is 1. The molecule has 2 unspecified atom stereocenters. The Morgan fingerprint density at radius 2 is 2.28 bits per heavy atom. The van der Waals surface area contributed by atoms with Gasteiger partial charge in [0.25, 0.3) is 0 Å². The molecule has 0 bridgehead atoms. The smallest absolute Gasteiger partial charge is 0.311 e. The maximum absolute atomic E-state index is 11.0. The predicted octanol–water partition coefficient (Wildman–Crippen LogP) is 1.88. The molecule has 1 aromatic rings. The molecule has 1 fully saturated rings. The van der Waals surface area contributed by atoms with E-state index in [0.717, 1.165) is 19.3 Å². The zero-order valence-electron chi connectivity index (χ0n) is 10.2. The largest absolute Gasteiger partial charge is 0.361 e. The van der Waals surface area contributed by atoms with Gasteiger partial charge in [-0.15, -0.1) is 0 Å². The fraction of sp³-hybridized carbons (Fsp3) is 0.545. The van der Waals surface area contributed by atoms with Gasteiger partial charge in [0.15, 0.2) is 0 Å². The Labute approximate surface area is 105 Å². The Bertz CT molecular complexity index is 451. The maximum Gasteiger partial charge on any atom is 0.311 e. The zero-order valence-corrected chi connectivity index (χ0v) is 10.2. The van der Waals surface area contributed by atoms with E-state index >= 15 is 0 Å². The summed E-state index contributed by atoms with van der Waals surface area (Å²) in [4.78, 5) is 14.6. The first-order chi connectivity index (χ1) is 8.61. The van der Waals surface area contributed by atoms with Crippen LogP contribution < -0.4 is 16.6 Å². The highest BCUT2D eigenvalue weighted by Crippen LogP contribution is 2.31. The SMILES string of the molecule is CC1CCCC1Nc1nc(NN)ccc1[N+](=O)[O-]. The molecule has 7 heteroatoms. The van der Waals surface area contributed by atoms with E-state index in [-0.39, 0.29) is 17.5 Å². The Morgan fingerprint density at radius 3 is 2.83 bits per heavy atom. The molecule has 0 radical (unpaired) electrons. The lowest BCUT2D eigenvalue weighted by atomic mass is 10.1. The standard InChI is InChI=1S/C11H17N5O2/c1-7-3-2-4-8(7)13-11-9(16(17)18)5-6-10(14-11)15-12/h5-8H,2-4,12H2,1H3,(H2,13,14,15). The molecule has 1 aromatic heterocycles. The van der Waals surface area contributed by atoms with Crippen molar-refractivity contribution in [3.63, 3.8) is 0 Å². The topological polar surface area (TPSA) is 106 Å². The van der Waals surface area contributed by atoms with Crippen molar-refractivity contribution in [2.75, 3.05) is 10.7 Å². The summed E-state index contributed by atoms with van der Waals surface area (Å²) < 4.78 is 0. The van der Waals surface area contributed by atoms with Gasteiger partial charge in [0.05, 0.1) is 4.92 Å². The molecule has 1 heterocycles. The highest BCUT2D eigenvalue weighted by atomic mass is 16.6. The van der Waals surface area contributed by atoms with Crippen molar-refractivity contribution in [3.8, 4) is 0 Å². The van der Waals surface area contributed by atoms with Crippen LogP contribution >= 0.6 is 0 Å². The van der Waals surface area contributed by atoms with Crippen LogP contribution in [0.4, 0.5) is 17.3 Å². The highest BCUT2D eigenvalue weighted by molar-refractivity contribution is 5.60. The molecule has 98 valence electrons. The Hall–Kier alpha value is -1.89. The minimum Gasteiger partial charge on any atom is -0.361 e. The molecule has 0 aliphatic heterocycles. The molecule has 2 rings (SSSR count). The summed E-state index contributed by atoms with van der Waals surface area (Å²) >= 11 is 0. The minimum absolute atomic E-state index is 0.0203. The third kappa shape index (κ3) is 2.51. The molecule has 18 heavy (non-hydrogen) atoms. The fourth-order valence-electron chi connectivity index (χ4n) is 2.32. The number of anilines is 2. The molecule has 7 nitrogen and oxygen atoms in total. The Morgan fingerprint density at radius 1 is 1.50 bits per heavy atom. The monoisotopic (exact) mass is 251 g/mol. The number of aromatic nitrogens is 1. The molecular weight excluding hydrogens is 234 g/mol. The number of rotatable bonds is 4. The molecule has 1 aliphatic rings. The normalized spacial score (nSPS) is 22.8. The van der Waals surface area contributed by atoms with Crippen molar-refractivity contribution in [1.29, 1.82) is 0 Å². The molecular formula is C11H17N5O2. The van der Waals surface area contributed by atoms with Gasteiger partial charge in [0.2, 0.25) is 5.82 Å². The summed E-state index contributed by atoms with van der Waals surface area (Å²) in [7, 11) is 0. The second-order valence-electron chi connectivity index (χ2n) is 4.62. The van der Waals surface area contributed by atoms with Crippen molar-refractivity contribution in [2.24, 2.45) is 11.8 Å². The summed E-state index contributed by atoms with van der Waals surface area (Å²) in [6.45, 7) is 2.14. The van der Waals surface area contributed by atoms with Crippen molar-refractivity contribution in [1.82, 2.24) is 4.98 Å². The molecule has 0 aromatic carbocycles. The third-order valence-electron chi connectivity index (χ3n) is 3.40. The van der Waals surface area contributed by atoms with E-state index in [9.17, 15) is 10.1 Å². The van der Waals surface area contributed by atoms with Crippen LogP contribution in [0.15, 0.2) is 12.1 Å². The van der Waals surface area contributed by atoms with Crippen molar-refractivity contribution < 1.29 is 4.92 Å². The lowest BCUT2D eigenvalue weighted by Gasteiger charge is -2.18. The van der Waals surface area contributed by atoms with E-state index in [1.165, 1.54) is 12.1 Å². The van der Waals surface area contributed by atoms with Crippen LogP contribution in [0.2, 0.25) is 0 Å². The first-order valence-electron chi connectivity index (χ1n) is 6.00. The second kappa shape index (κ2) is 5.18. The second-order valence-corrected chi connectivity index (χ2v) is 4.62. The van der Waals surface area contributed by atoms with Crippen LogP contribution in [0.3, 0.4) is 0 Å². The summed E-state index contributed by atoms with van der Waals surface area (Å²) in [5.41, 5.74) is 2.38. The molecule has 0 spiro atoms. The van der Waals surface area contributed by atoms with Gasteiger partial charge in [0, 0.05) is 12.1 Å². The first-order valence-corrected chi connectivity index (χ1v) is 6.00. The van der Waals surface area contributed by atoms with Crippen LogP contribution in [0.1, 0.15) is 26.2 Å². The summed E-state index contributed by atoms with van der Waals surface area (Å²) in [6, 6.07) is 3.13. The third-order valence-corrected chi connectivity index (χ3v) is 3.40. The van der Waals surface area contributed by atoms with Crippen LogP contribution in [0.5, 0.6) is 0 Å². The van der Waals surface area contributed by atoms with E-state index in [4.69, 9.17) is 5.84 Å². The van der Waals surface area contributed by atoms with Crippen LogP contribution in [-0.2, 0) is 0 Å². The van der Waals surface area contributed by atoms with Gasteiger partial charge in [-0.2, -0.15) is 0 Å². The van der Waals surface area contributed by atoms with E-state index in [0.29, 0.717) is 11.7 Å². The summed E-state index contributed by atoms with van der Waals surface area (Å²) in [5.74, 6) is 6.47. The number of hydrogen-bond acceptors (Lipinski definition) is 6. The lowest BCUT2D eigenvalue weighted by molar-refractivity contribution is -0.384. The van der Waals surface area contributed by atoms with Gasteiger partial charge in [-0.05, 0) is 24.8 Å². The number of nitrogens with two attached hydrogens (primary N) is 1. The molecule has 1 saturated carbocycles. The average molecular weight is 251 g/mol. The average Bonchev–Trinajstić information content (AvgIpc) is 2.74. The number of pyridine rings is 1. The van der Waals surface area contributed by atoms with E-state index in [1.54, 1.807) is 0 Å². The zero-order chi connectivity index (χ0) is 13.1. The summed E-state index contributed by atoms with van der Waals surface area (Å²) in [6.07, 6.45) is 3.29. The predicted molar refractivity (Wildman–Crippen MR) is 69.1 cm³/mol. The Kier molecular flexibility index (Phi) is 3.61. The van der Waals surface area contributed by atoms with Gasteiger partial charge in [-0.1, -0.05) is 13.3 Å². The lowest BCUT2D eigenvalue weighted by Crippen LogP contribution is -2.23. The van der Waals surface area contributed by atoms with Gasteiger partial charge in [0.1, 0.15) is 5.82 Å². The van der Waals surface area contributed by atoms with Gasteiger partial charge in [-0.25, -0.2) is 10.8 Å². The van der Waals surface area contributed by atoms with Gasteiger partial charge >= 0.3 is 5.69 Å². The van der Waals surface area contributed by atoms with E-state index < -0.39 is 4.92 Å². The van der Waals surface area contributed by atoms with E-state index in [2.05, 4.69) is 22.7 Å². The minimum atomic E-state index is -0.435. The number of nitrogens with zero attached hydrogens (tertiary/aromatic N) is 2. The molecule has 0 amide bonds. The molecule has 4 N–H and O–H groups in total. The molecule has 0 saturated heterocycles. The van der Waals surface area contributed by atoms with Crippen LogP contribution in [-0.4, -0.2) is 15.9 Å². The Balaban J connectivity index is 2.25. The molecule has 1 aliphatic carbocycles. The van der Waals surface area contributed by atoms with E-state index in [1.807, 2.05) is 0 Å². The quantitative estimate of drug-likeness (QED) is 0.428. The number of hydrazine groups is 1. The van der Waals surface area contributed by atoms with Crippen molar-refractivity contribution >= 4 is 17.3 Å². The number of nitrogens with one attached hydrogen (secondary N) is 2. The first kappa shape index (κ1) is 12.6.